The van der Waals surface area contributed by atoms with Gasteiger partial charge in [0.25, 0.3) is 0 Å². The standard InChI is InChI=1S/C21H21BrF4N4O/c1-11-18(29-20(31)30-5-3-2-4-6-30)17(21(24,25)26)16(28-11)7-12-10-27-19-14(12)8-13(23)9-15(19)22/h7-9,27-28H,2-6,10H2,1H3,(H,29,31)/b12-7+. The van der Waals surface area contributed by atoms with Gasteiger partial charge >= 0.3 is 12.2 Å². The number of nitrogens with one attached hydrogen (secondary N) is 3. The Labute approximate surface area is 185 Å². The minimum Gasteiger partial charge on any atom is -0.380 e. The van der Waals surface area contributed by atoms with Gasteiger partial charge in [-0.25, -0.2) is 9.18 Å². The van der Waals surface area contributed by atoms with E-state index in [-0.39, 0.29) is 23.6 Å². The number of hydrogen-bond donors (Lipinski definition) is 3. The van der Waals surface area contributed by atoms with Crippen LogP contribution < -0.4 is 10.6 Å². The summed E-state index contributed by atoms with van der Waals surface area (Å²) in [5.74, 6) is -0.492. The van der Waals surface area contributed by atoms with E-state index in [1.165, 1.54) is 30.0 Å². The number of halogens is 5. The lowest BCUT2D eigenvalue weighted by molar-refractivity contribution is -0.137. The normalized spacial score (nSPS) is 17.6. The predicted octanol–water partition coefficient (Wildman–Crippen LogP) is 6.23. The van der Waals surface area contributed by atoms with Gasteiger partial charge in [-0.05, 0) is 65.9 Å². The lowest BCUT2D eigenvalue weighted by Crippen LogP contribution is -2.39. The van der Waals surface area contributed by atoms with Gasteiger partial charge in [0.2, 0.25) is 0 Å². The average molecular weight is 501 g/mol. The highest BCUT2D eigenvalue weighted by atomic mass is 79.9. The molecule has 1 saturated heterocycles. The molecule has 166 valence electrons. The van der Waals surface area contributed by atoms with Crippen LogP contribution in [0, 0.1) is 12.7 Å². The monoisotopic (exact) mass is 500 g/mol. The number of aromatic nitrogens is 1. The number of H-pyrrole nitrogens is 1. The van der Waals surface area contributed by atoms with Crippen LogP contribution >= 0.6 is 15.9 Å². The van der Waals surface area contributed by atoms with Gasteiger partial charge < -0.3 is 20.5 Å². The maximum atomic E-state index is 14.0. The first-order valence-electron chi connectivity index (χ1n) is 9.94. The molecular weight excluding hydrogens is 480 g/mol. The number of likely N-dealkylation sites (tertiary alicyclic amines) is 1. The average Bonchev–Trinajstić information content (AvgIpc) is 3.23. The van der Waals surface area contributed by atoms with Gasteiger partial charge in [0.1, 0.15) is 11.4 Å². The first-order valence-corrected chi connectivity index (χ1v) is 10.7. The second kappa shape index (κ2) is 8.22. The summed E-state index contributed by atoms with van der Waals surface area (Å²) in [7, 11) is 0. The third kappa shape index (κ3) is 4.30. The van der Waals surface area contributed by atoms with Crippen molar-refractivity contribution in [2.24, 2.45) is 0 Å². The lowest BCUT2D eigenvalue weighted by Gasteiger charge is -2.27. The Balaban J connectivity index is 1.73. The number of fused-ring (bicyclic) bond motifs is 1. The topological polar surface area (TPSA) is 60.2 Å². The van der Waals surface area contributed by atoms with Crippen LogP contribution in [0.3, 0.4) is 0 Å². The third-order valence-electron chi connectivity index (χ3n) is 5.55. The van der Waals surface area contributed by atoms with Crippen molar-refractivity contribution in [1.82, 2.24) is 9.88 Å². The molecule has 2 aliphatic heterocycles. The highest BCUT2D eigenvalue weighted by Gasteiger charge is 2.39. The maximum absolute atomic E-state index is 14.0. The van der Waals surface area contributed by atoms with Crippen LogP contribution in [0.4, 0.5) is 33.7 Å². The number of carbonyl (C=O) groups excluding carboxylic acids is 1. The second-order valence-corrected chi connectivity index (χ2v) is 8.58. The van der Waals surface area contributed by atoms with E-state index < -0.39 is 23.6 Å². The predicted molar refractivity (Wildman–Crippen MR) is 115 cm³/mol. The van der Waals surface area contributed by atoms with Crippen LogP contribution in [0.25, 0.3) is 11.6 Å². The number of urea groups is 1. The van der Waals surface area contributed by atoms with Gasteiger partial charge in [-0.15, -0.1) is 0 Å². The molecule has 0 unspecified atom stereocenters. The SMILES string of the molecule is Cc1[nH]c(/C=C2\CNc3c(Br)cc(F)cc32)c(C(F)(F)F)c1NC(=O)N1CCCCC1. The molecule has 10 heteroatoms. The number of benzene rings is 1. The molecule has 0 saturated carbocycles. The zero-order chi connectivity index (χ0) is 22.3. The third-order valence-corrected chi connectivity index (χ3v) is 6.18. The van der Waals surface area contributed by atoms with Gasteiger partial charge in [0.15, 0.2) is 0 Å². The van der Waals surface area contributed by atoms with Crippen LogP contribution in [0.5, 0.6) is 0 Å². The summed E-state index contributed by atoms with van der Waals surface area (Å²) in [6, 6.07) is 2.04. The molecule has 0 bridgehead atoms. The largest absolute Gasteiger partial charge is 0.420 e. The summed E-state index contributed by atoms with van der Waals surface area (Å²) >= 11 is 3.27. The highest BCUT2D eigenvalue weighted by molar-refractivity contribution is 9.10. The van der Waals surface area contributed by atoms with Crippen molar-refractivity contribution >= 4 is 45.0 Å². The molecule has 1 fully saturated rings. The molecule has 2 amide bonds. The lowest BCUT2D eigenvalue weighted by atomic mass is 10.0. The Morgan fingerprint density at radius 1 is 1.23 bits per heavy atom. The van der Waals surface area contributed by atoms with Gasteiger partial charge in [-0.2, -0.15) is 13.2 Å². The summed E-state index contributed by atoms with van der Waals surface area (Å²) in [6.45, 7) is 2.79. The first-order chi connectivity index (χ1) is 14.6. The number of piperidine rings is 1. The van der Waals surface area contributed by atoms with E-state index in [2.05, 4.69) is 31.5 Å². The molecule has 3 N–H and O–H groups in total. The van der Waals surface area contributed by atoms with E-state index in [1.807, 2.05) is 0 Å². The molecule has 2 aromatic rings. The Kier molecular flexibility index (Phi) is 5.76. The maximum Gasteiger partial charge on any atom is 0.420 e. The number of hydrogen-bond acceptors (Lipinski definition) is 2. The van der Waals surface area contributed by atoms with Crippen LogP contribution in [0.1, 0.15) is 41.8 Å². The summed E-state index contributed by atoms with van der Waals surface area (Å²) < 4.78 is 56.4. The van der Waals surface area contributed by atoms with Crippen LogP contribution in [0.15, 0.2) is 16.6 Å². The van der Waals surface area contributed by atoms with E-state index in [0.29, 0.717) is 34.4 Å². The van der Waals surface area contributed by atoms with Crippen molar-refractivity contribution in [1.29, 1.82) is 0 Å². The number of aryl methyl sites for hydroxylation is 1. The van der Waals surface area contributed by atoms with Gasteiger partial charge in [0.05, 0.1) is 17.1 Å². The molecule has 5 nitrogen and oxygen atoms in total. The Bertz CT molecular complexity index is 1050. The molecule has 0 spiro atoms. The van der Waals surface area contributed by atoms with E-state index in [4.69, 9.17) is 0 Å². The zero-order valence-electron chi connectivity index (χ0n) is 16.7. The minimum absolute atomic E-state index is 0.177. The summed E-state index contributed by atoms with van der Waals surface area (Å²) in [5.41, 5.74) is 0.443. The fourth-order valence-corrected chi connectivity index (χ4v) is 4.65. The summed E-state index contributed by atoms with van der Waals surface area (Å²) in [4.78, 5) is 16.8. The molecule has 1 aromatic heterocycles. The van der Waals surface area contributed by atoms with E-state index in [0.717, 1.165) is 19.3 Å². The van der Waals surface area contributed by atoms with Crippen LogP contribution in [0.2, 0.25) is 0 Å². The summed E-state index contributed by atoms with van der Waals surface area (Å²) in [5, 5.41) is 5.53. The number of anilines is 2. The molecule has 31 heavy (non-hydrogen) atoms. The number of rotatable bonds is 2. The first kappa shape index (κ1) is 21.7. The molecule has 0 atom stereocenters. The highest BCUT2D eigenvalue weighted by Crippen LogP contribution is 2.43. The molecule has 0 aliphatic carbocycles. The fraction of sp³-hybridized carbons (Fsp3) is 0.381. The fourth-order valence-electron chi connectivity index (χ4n) is 4.08. The number of carbonyl (C=O) groups is 1. The van der Waals surface area contributed by atoms with E-state index in [9.17, 15) is 22.4 Å². The van der Waals surface area contributed by atoms with Crippen LogP contribution in [-0.2, 0) is 6.18 Å². The molecule has 2 aliphatic rings. The number of aromatic amines is 1. The minimum atomic E-state index is -4.70. The van der Waals surface area contributed by atoms with Crippen molar-refractivity contribution in [3.8, 4) is 0 Å². The van der Waals surface area contributed by atoms with Gasteiger partial charge in [0, 0.05) is 35.4 Å². The number of alkyl halides is 3. The van der Waals surface area contributed by atoms with Crippen molar-refractivity contribution in [3.05, 3.63) is 44.9 Å². The summed E-state index contributed by atoms with van der Waals surface area (Å²) in [6.07, 6.45) is -0.663. The Morgan fingerprint density at radius 3 is 2.61 bits per heavy atom. The van der Waals surface area contributed by atoms with Crippen molar-refractivity contribution in [2.75, 3.05) is 30.3 Å². The number of amides is 2. The molecular formula is C21H21BrF4N4O. The zero-order valence-corrected chi connectivity index (χ0v) is 18.3. The van der Waals surface area contributed by atoms with E-state index >= 15 is 0 Å². The van der Waals surface area contributed by atoms with Gasteiger partial charge in [-0.3, -0.25) is 0 Å². The van der Waals surface area contributed by atoms with Crippen LogP contribution in [-0.4, -0.2) is 35.5 Å². The van der Waals surface area contributed by atoms with Crippen molar-refractivity contribution < 1.29 is 22.4 Å². The molecule has 1 aromatic carbocycles. The molecule has 3 heterocycles. The van der Waals surface area contributed by atoms with Crippen molar-refractivity contribution in [2.45, 2.75) is 32.4 Å². The smallest absolute Gasteiger partial charge is 0.380 e. The van der Waals surface area contributed by atoms with E-state index in [1.54, 1.807) is 0 Å². The number of nitrogens with zero attached hydrogens (tertiary/aromatic N) is 1. The quantitative estimate of drug-likeness (QED) is 0.428. The molecule has 0 radical (unpaired) electrons. The van der Waals surface area contributed by atoms with Crippen molar-refractivity contribution in [3.63, 3.8) is 0 Å². The second-order valence-electron chi connectivity index (χ2n) is 7.72. The van der Waals surface area contributed by atoms with Gasteiger partial charge in [-0.1, -0.05) is 0 Å². The Hall–Kier alpha value is -2.49. The molecule has 4 rings (SSSR count). The Morgan fingerprint density at radius 2 is 1.94 bits per heavy atom.